The molecule has 1 aliphatic rings. The van der Waals surface area contributed by atoms with Crippen molar-refractivity contribution in [1.29, 1.82) is 0 Å². The summed E-state index contributed by atoms with van der Waals surface area (Å²) in [6.45, 7) is -0.0334. The van der Waals surface area contributed by atoms with Crippen LogP contribution in [0, 0.1) is 0 Å². The van der Waals surface area contributed by atoms with Gasteiger partial charge in [-0.2, -0.15) is 8.78 Å². The van der Waals surface area contributed by atoms with Gasteiger partial charge in [-0.1, -0.05) is 24.1 Å². The van der Waals surface area contributed by atoms with Crippen LogP contribution in [0.1, 0.15) is 49.4 Å². The predicted molar refractivity (Wildman–Crippen MR) is 107 cm³/mol. The highest BCUT2D eigenvalue weighted by Crippen LogP contribution is 2.45. The van der Waals surface area contributed by atoms with E-state index < -0.39 is 6.61 Å². The number of pyridine rings is 1. The topological polar surface area (TPSA) is 43.8 Å². The standard InChI is InChI=1S/C21H25ClF2N2O3/c1-13(14-11-15(22)20(25-12-14)29-21(23)24)26-10-5-4-7-16(26)19-17(27-2)8-6-9-18(19)28-3/h6,8-9,11-13,16,21H,4-5,7,10H2,1-3H3. The molecule has 2 aromatic rings. The molecular formula is C21H25ClF2N2O3. The van der Waals surface area contributed by atoms with Gasteiger partial charge in [0.05, 0.1) is 19.8 Å². The molecule has 2 unspecified atom stereocenters. The molecule has 0 aliphatic carbocycles. The number of alkyl halides is 2. The van der Waals surface area contributed by atoms with Gasteiger partial charge in [-0.15, -0.1) is 0 Å². The van der Waals surface area contributed by atoms with Crippen LogP contribution in [0.5, 0.6) is 17.4 Å². The molecule has 3 rings (SSSR count). The monoisotopic (exact) mass is 426 g/mol. The first-order valence-electron chi connectivity index (χ1n) is 9.53. The van der Waals surface area contributed by atoms with Crippen molar-refractivity contribution < 1.29 is 23.0 Å². The number of ether oxygens (including phenoxy) is 3. The highest BCUT2D eigenvalue weighted by atomic mass is 35.5. The Balaban J connectivity index is 1.94. The minimum Gasteiger partial charge on any atom is -0.496 e. The molecule has 0 radical (unpaired) electrons. The van der Waals surface area contributed by atoms with Crippen molar-refractivity contribution >= 4 is 11.6 Å². The lowest BCUT2D eigenvalue weighted by molar-refractivity contribution is -0.0528. The third-order valence-corrected chi connectivity index (χ3v) is 5.62. The van der Waals surface area contributed by atoms with Crippen molar-refractivity contribution in [2.45, 2.75) is 44.9 Å². The number of hydrogen-bond donors (Lipinski definition) is 0. The molecule has 1 aromatic heterocycles. The molecule has 1 fully saturated rings. The minimum atomic E-state index is -2.97. The van der Waals surface area contributed by atoms with Gasteiger partial charge < -0.3 is 14.2 Å². The lowest BCUT2D eigenvalue weighted by Crippen LogP contribution is -2.36. The van der Waals surface area contributed by atoms with Gasteiger partial charge in [-0.25, -0.2) is 4.98 Å². The maximum absolute atomic E-state index is 12.5. The van der Waals surface area contributed by atoms with E-state index in [1.165, 1.54) is 0 Å². The first-order chi connectivity index (χ1) is 14.0. The second-order valence-corrected chi connectivity index (χ2v) is 7.34. The molecule has 1 aromatic carbocycles. The molecule has 0 bridgehead atoms. The molecule has 1 aliphatic heterocycles. The quantitative estimate of drug-likeness (QED) is 0.573. The Bertz CT molecular complexity index is 815. The van der Waals surface area contributed by atoms with E-state index in [9.17, 15) is 8.78 Å². The zero-order valence-corrected chi connectivity index (χ0v) is 17.5. The molecule has 2 heterocycles. The largest absolute Gasteiger partial charge is 0.496 e. The Hall–Kier alpha value is -2.12. The Kier molecular flexibility index (Phi) is 7.14. The molecule has 8 heteroatoms. The smallest absolute Gasteiger partial charge is 0.388 e. The van der Waals surface area contributed by atoms with Crippen LogP contribution in [0.15, 0.2) is 30.5 Å². The molecule has 0 saturated carbocycles. The maximum Gasteiger partial charge on any atom is 0.388 e. The number of hydrogen-bond acceptors (Lipinski definition) is 5. The second-order valence-electron chi connectivity index (χ2n) is 6.94. The first kappa shape index (κ1) is 21.6. The number of halogens is 3. The molecule has 5 nitrogen and oxygen atoms in total. The van der Waals surface area contributed by atoms with E-state index in [-0.39, 0.29) is 23.0 Å². The van der Waals surface area contributed by atoms with Crippen molar-refractivity contribution in [2.75, 3.05) is 20.8 Å². The minimum absolute atomic E-state index is 0.0412. The molecule has 158 valence electrons. The molecule has 1 saturated heterocycles. The average molecular weight is 427 g/mol. The Labute approximate surface area is 174 Å². The SMILES string of the molecule is COc1cccc(OC)c1C1CCCCN1C(C)c1cnc(OC(F)F)c(Cl)c1. The summed E-state index contributed by atoms with van der Waals surface area (Å²) in [5, 5.41) is 0.0677. The second kappa shape index (κ2) is 9.59. The van der Waals surface area contributed by atoms with Crippen LogP contribution in [0.3, 0.4) is 0 Å². The van der Waals surface area contributed by atoms with Gasteiger partial charge in [0.1, 0.15) is 16.5 Å². The fourth-order valence-electron chi connectivity index (χ4n) is 3.97. The van der Waals surface area contributed by atoms with Crippen molar-refractivity contribution in [3.8, 4) is 17.4 Å². The molecule has 0 amide bonds. The lowest BCUT2D eigenvalue weighted by atomic mass is 9.91. The number of benzene rings is 1. The van der Waals surface area contributed by atoms with Crippen LogP contribution in [0.4, 0.5) is 8.78 Å². The summed E-state index contributed by atoms with van der Waals surface area (Å²) in [6.07, 6.45) is 4.65. The van der Waals surface area contributed by atoms with Gasteiger partial charge in [0, 0.05) is 18.3 Å². The third-order valence-electron chi connectivity index (χ3n) is 5.35. The average Bonchev–Trinajstić information content (AvgIpc) is 2.73. The van der Waals surface area contributed by atoms with E-state index in [1.54, 1.807) is 26.5 Å². The van der Waals surface area contributed by atoms with Crippen LogP contribution in [0.25, 0.3) is 0 Å². The zero-order chi connectivity index (χ0) is 21.0. The van der Waals surface area contributed by atoms with E-state index in [1.807, 2.05) is 18.2 Å². The van der Waals surface area contributed by atoms with Gasteiger partial charge >= 0.3 is 6.61 Å². The van der Waals surface area contributed by atoms with Gasteiger partial charge in [0.25, 0.3) is 0 Å². The maximum atomic E-state index is 12.5. The Morgan fingerprint density at radius 1 is 1.17 bits per heavy atom. The number of aromatic nitrogens is 1. The molecule has 29 heavy (non-hydrogen) atoms. The summed E-state index contributed by atoms with van der Waals surface area (Å²) in [6, 6.07) is 7.46. The lowest BCUT2D eigenvalue weighted by Gasteiger charge is -2.41. The first-order valence-corrected chi connectivity index (χ1v) is 9.91. The third kappa shape index (κ3) is 4.73. The summed E-state index contributed by atoms with van der Waals surface area (Å²) in [5.41, 5.74) is 1.85. The molecule has 2 atom stereocenters. The van der Waals surface area contributed by atoms with Gasteiger partial charge in [-0.3, -0.25) is 4.90 Å². The van der Waals surface area contributed by atoms with E-state index in [0.29, 0.717) is 0 Å². The number of likely N-dealkylation sites (tertiary alicyclic amines) is 1. The number of piperidine rings is 1. The van der Waals surface area contributed by atoms with Crippen LogP contribution in [0.2, 0.25) is 5.02 Å². The van der Waals surface area contributed by atoms with Crippen molar-refractivity contribution in [1.82, 2.24) is 9.88 Å². The molecule has 0 N–H and O–H groups in total. The van der Waals surface area contributed by atoms with Gasteiger partial charge in [0.2, 0.25) is 5.88 Å². The summed E-state index contributed by atoms with van der Waals surface area (Å²) in [4.78, 5) is 6.34. The van der Waals surface area contributed by atoms with Crippen molar-refractivity contribution in [3.05, 3.63) is 46.6 Å². The summed E-state index contributed by atoms with van der Waals surface area (Å²) >= 11 is 6.13. The number of rotatable bonds is 7. The van der Waals surface area contributed by atoms with Gasteiger partial charge in [-0.05, 0) is 50.1 Å². The number of nitrogens with zero attached hydrogens (tertiary/aromatic N) is 2. The van der Waals surface area contributed by atoms with Crippen molar-refractivity contribution in [3.63, 3.8) is 0 Å². The highest BCUT2D eigenvalue weighted by Gasteiger charge is 2.33. The van der Waals surface area contributed by atoms with Crippen LogP contribution in [-0.4, -0.2) is 37.3 Å². The number of methoxy groups -OCH3 is 2. The van der Waals surface area contributed by atoms with E-state index in [4.69, 9.17) is 21.1 Å². The van der Waals surface area contributed by atoms with E-state index >= 15 is 0 Å². The molecule has 0 spiro atoms. The Morgan fingerprint density at radius 3 is 2.45 bits per heavy atom. The van der Waals surface area contributed by atoms with Gasteiger partial charge in [0.15, 0.2) is 0 Å². The van der Waals surface area contributed by atoms with Crippen molar-refractivity contribution in [2.24, 2.45) is 0 Å². The summed E-state index contributed by atoms with van der Waals surface area (Å²) < 4.78 is 40.5. The van der Waals surface area contributed by atoms with Crippen LogP contribution < -0.4 is 14.2 Å². The van der Waals surface area contributed by atoms with E-state index in [2.05, 4.69) is 21.5 Å². The summed E-state index contributed by atoms with van der Waals surface area (Å²) in [5.74, 6) is 1.30. The Morgan fingerprint density at radius 2 is 1.86 bits per heavy atom. The van der Waals surface area contributed by atoms with Crippen LogP contribution >= 0.6 is 11.6 Å². The fourth-order valence-corrected chi connectivity index (χ4v) is 4.19. The zero-order valence-electron chi connectivity index (χ0n) is 16.7. The fraction of sp³-hybridized carbons (Fsp3) is 0.476. The molecular weight excluding hydrogens is 402 g/mol. The summed E-state index contributed by atoms with van der Waals surface area (Å²) in [7, 11) is 3.31. The normalized spacial score (nSPS) is 18.5. The highest BCUT2D eigenvalue weighted by molar-refractivity contribution is 6.31. The van der Waals surface area contributed by atoms with Crippen LogP contribution in [-0.2, 0) is 0 Å². The van der Waals surface area contributed by atoms with E-state index in [0.717, 1.165) is 48.4 Å². The predicted octanol–water partition coefficient (Wildman–Crippen LogP) is 5.64.